The summed E-state index contributed by atoms with van der Waals surface area (Å²) in [6, 6.07) is 3.84. The molecule has 0 aromatic heterocycles. The fraction of sp³-hybridized carbons (Fsp3) is 0.222. The Morgan fingerprint density at radius 1 is 1.27 bits per heavy atom. The maximum atomic E-state index is 6.83. The number of nitrogens with zero attached hydrogens (tertiary/aromatic N) is 1. The molecule has 1 rings (SSSR count). The van der Waals surface area contributed by atoms with Gasteiger partial charge in [0.15, 0.2) is 5.69 Å². The predicted octanol–water partition coefficient (Wildman–Crippen LogP) is 3.46. The highest BCUT2D eigenvalue weighted by molar-refractivity contribution is 14.1. The fourth-order valence-electron chi connectivity index (χ4n) is 0.988. The summed E-state index contributed by atoms with van der Waals surface area (Å²) in [5.41, 5.74) is 3.12. The maximum Gasteiger partial charge on any atom is 0.187 e. The van der Waals surface area contributed by atoms with Crippen LogP contribution in [0.5, 0.6) is 0 Å². The van der Waals surface area contributed by atoms with E-state index in [1.807, 2.05) is 26.0 Å². The van der Waals surface area contributed by atoms with E-state index in [1.54, 1.807) is 0 Å². The molecule has 0 fully saturated rings. The molecule has 1 aromatic carbocycles. The number of hydrogen-bond donors (Lipinski definition) is 0. The molecule has 1 aromatic rings. The Labute approximate surface area is 80.4 Å². The van der Waals surface area contributed by atoms with Crippen molar-refractivity contribution >= 4 is 28.3 Å². The standard InChI is InChI=1S/C9H8IN/c1-6-4-8(11-3)5-7(2)9(6)10/h4-5H,1-2H3. The van der Waals surface area contributed by atoms with E-state index in [4.69, 9.17) is 6.57 Å². The van der Waals surface area contributed by atoms with Crippen molar-refractivity contribution in [3.8, 4) is 0 Å². The second-order valence-electron chi connectivity index (χ2n) is 2.51. The highest BCUT2D eigenvalue weighted by Crippen LogP contribution is 2.23. The lowest BCUT2D eigenvalue weighted by Gasteiger charge is -2.02. The molecule has 0 aliphatic heterocycles. The van der Waals surface area contributed by atoms with Crippen LogP contribution in [0.4, 0.5) is 5.69 Å². The smallest absolute Gasteiger partial charge is 0.187 e. The van der Waals surface area contributed by atoms with Crippen LogP contribution in [-0.4, -0.2) is 0 Å². The Hall–Kier alpha value is -0.560. The number of rotatable bonds is 0. The van der Waals surface area contributed by atoms with Crippen LogP contribution < -0.4 is 0 Å². The normalized spacial score (nSPS) is 9.27. The van der Waals surface area contributed by atoms with E-state index in [0.717, 1.165) is 5.69 Å². The highest BCUT2D eigenvalue weighted by Gasteiger charge is 2.00. The lowest BCUT2D eigenvalue weighted by Crippen LogP contribution is -1.83. The second-order valence-corrected chi connectivity index (χ2v) is 3.58. The van der Waals surface area contributed by atoms with E-state index in [2.05, 4.69) is 27.4 Å². The van der Waals surface area contributed by atoms with Crippen molar-refractivity contribution in [3.63, 3.8) is 0 Å². The van der Waals surface area contributed by atoms with Gasteiger partial charge < -0.3 is 0 Å². The zero-order valence-electron chi connectivity index (χ0n) is 6.48. The van der Waals surface area contributed by atoms with Crippen LogP contribution >= 0.6 is 22.6 Å². The molecule has 0 saturated heterocycles. The number of hydrogen-bond acceptors (Lipinski definition) is 0. The molecule has 2 heteroatoms. The van der Waals surface area contributed by atoms with E-state index in [1.165, 1.54) is 14.7 Å². The monoisotopic (exact) mass is 257 g/mol. The number of halogens is 1. The van der Waals surface area contributed by atoms with Crippen molar-refractivity contribution < 1.29 is 0 Å². The summed E-state index contributed by atoms with van der Waals surface area (Å²) in [7, 11) is 0. The van der Waals surface area contributed by atoms with Crippen molar-refractivity contribution in [1.29, 1.82) is 0 Å². The van der Waals surface area contributed by atoms with E-state index >= 15 is 0 Å². The van der Waals surface area contributed by atoms with Gasteiger partial charge in [-0.25, -0.2) is 4.85 Å². The minimum absolute atomic E-state index is 0.736. The summed E-state index contributed by atoms with van der Waals surface area (Å²) in [5.74, 6) is 0. The van der Waals surface area contributed by atoms with Crippen LogP contribution in [0.3, 0.4) is 0 Å². The quantitative estimate of drug-likeness (QED) is 0.495. The van der Waals surface area contributed by atoms with Gasteiger partial charge in [0.2, 0.25) is 0 Å². The summed E-state index contributed by atoms with van der Waals surface area (Å²) in [5, 5.41) is 0. The van der Waals surface area contributed by atoms with Gasteiger partial charge in [-0.1, -0.05) is 12.1 Å². The summed E-state index contributed by atoms with van der Waals surface area (Å²) in [6.45, 7) is 10.9. The Bertz CT molecular complexity index is 300. The van der Waals surface area contributed by atoms with Crippen molar-refractivity contribution in [2.24, 2.45) is 0 Å². The summed E-state index contributed by atoms with van der Waals surface area (Å²) >= 11 is 2.30. The third kappa shape index (κ3) is 1.72. The van der Waals surface area contributed by atoms with E-state index in [9.17, 15) is 0 Å². The van der Waals surface area contributed by atoms with Crippen LogP contribution in [0, 0.1) is 24.0 Å². The van der Waals surface area contributed by atoms with Crippen molar-refractivity contribution in [2.45, 2.75) is 13.8 Å². The van der Waals surface area contributed by atoms with Crippen LogP contribution in [0.2, 0.25) is 0 Å². The molecular formula is C9H8IN. The van der Waals surface area contributed by atoms with Crippen LogP contribution in [0.1, 0.15) is 11.1 Å². The average Bonchev–Trinajstić information content (AvgIpc) is 1.99. The third-order valence-corrected chi connectivity index (χ3v) is 3.25. The topological polar surface area (TPSA) is 4.36 Å². The van der Waals surface area contributed by atoms with Gasteiger partial charge in [-0.3, -0.25) is 0 Å². The molecule has 0 atom stereocenters. The van der Waals surface area contributed by atoms with E-state index < -0.39 is 0 Å². The molecule has 0 spiro atoms. The van der Waals surface area contributed by atoms with Crippen LogP contribution in [-0.2, 0) is 0 Å². The first-order valence-electron chi connectivity index (χ1n) is 3.29. The molecule has 1 nitrogen and oxygen atoms in total. The summed E-state index contributed by atoms with van der Waals surface area (Å²) in [4.78, 5) is 3.38. The molecule has 0 bridgehead atoms. The van der Waals surface area contributed by atoms with Gasteiger partial charge in [0.1, 0.15) is 0 Å². The first-order chi connectivity index (χ1) is 5.15. The Morgan fingerprint density at radius 3 is 2.09 bits per heavy atom. The molecule has 0 unspecified atom stereocenters. The number of aryl methyl sites for hydroxylation is 2. The SMILES string of the molecule is [C-]#[N+]c1cc(C)c(I)c(C)c1. The zero-order chi connectivity index (χ0) is 8.43. The molecule has 0 amide bonds. The Morgan fingerprint density at radius 2 is 1.73 bits per heavy atom. The third-order valence-electron chi connectivity index (χ3n) is 1.55. The second kappa shape index (κ2) is 3.22. The predicted molar refractivity (Wildman–Crippen MR) is 54.9 cm³/mol. The van der Waals surface area contributed by atoms with Crippen molar-refractivity contribution in [2.75, 3.05) is 0 Å². The highest BCUT2D eigenvalue weighted by atomic mass is 127. The molecule has 0 N–H and O–H groups in total. The number of benzene rings is 1. The van der Waals surface area contributed by atoms with Gasteiger partial charge in [0.05, 0.1) is 6.57 Å². The first-order valence-corrected chi connectivity index (χ1v) is 4.37. The minimum Gasteiger partial charge on any atom is -0.238 e. The van der Waals surface area contributed by atoms with Gasteiger partial charge in [-0.2, -0.15) is 0 Å². The average molecular weight is 257 g/mol. The molecule has 0 radical (unpaired) electrons. The molecule has 0 aliphatic carbocycles. The van der Waals surface area contributed by atoms with Crippen molar-refractivity contribution in [1.82, 2.24) is 0 Å². The van der Waals surface area contributed by atoms with Crippen LogP contribution in [0.15, 0.2) is 12.1 Å². The molecule has 0 aliphatic rings. The molecular weight excluding hydrogens is 249 g/mol. The zero-order valence-corrected chi connectivity index (χ0v) is 8.64. The lowest BCUT2D eigenvalue weighted by molar-refractivity contribution is 1.35. The van der Waals surface area contributed by atoms with Crippen LogP contribution in [0.25, 0.3) is 4.85 Å². The fourth-order valence-corrected chi connectivity index (χ4v) is 1.30. The van der Waals surface area contributed by atoms with Gasteiger partial charge >= 0.3 is 0 Å². The molecule has 11 heavy (non-hydrogen) atoms. The Kier molecular flexibility index (Phi) is 2.50. The molecule has 56 valence electrons. The van der Waals surface area contributed by atoms with E-state index in [-0.39, 0.29) is 0 Å². The van der Waals surface area contributed by atoms with Gasteiger partial charge in [0.25, 0.3) is 0 Å². The summed E-state index contributed by atoms with van der Waals surface area (Å²) in [6.07, 6.45) is 0. The van der Waals surface area contributed by atoms with Gasteiger partial charge in [-0.15, -0.1) is 0 Å². The minimum atomic E-state index is 0.736. The first kappa shape index (κ1) is 8.54. The van der Waals surface area contributed by atoms with E-state index in [0.29, 0.717) is 0 Å². The van der Waals surface area contributed by atoms with Gasteiger partial charge in [-0.05, 0) is 47.6 Å². The molecule has 0 heterocycles. The lowest BCUT2D eigenvalue weighted by atomic mass is 10.1. The maximum absolute atomic E-state index is 6.83. The molecule has 0 saturated carbocycles. The van der Waals surface area contributed by atoms with Gasteiger partial charge in [0, 0.05) is 3.57 Å². The van der Waals surface area contributed by atoms with Crippen molar-refractivity contribution in [3.05, 3.63) is 38.2 Å². The largest absolute Gasteiger partial charge is 0.238 e. The Balaban J connectivity index is 3.35. The summed E-state index contributed by atoms with van der Waals surface area (Å²) < 4.78 is 1.26.